The predicted octanol–water partition coefficient (Wildman–Crippen LogP) is 3.84. The molecule has 2 heteroatoms. The van der Waals surface area contributed by atoms with Gasteiger partial charge in [0.1, 0.15) is 0 Å². The molecule has 1 atom stereocenters. The zero-order valence-electron chi connectivity index (χ0n) is 10.1. The summed E-state index contributed by atoms with van der Waals surface area (Å²) in [6, 6.07) is 0. The number of hydrogen-bond donors (Lipinski definition) is 1. The van der Waals surface area contributed by atoms with Gasteiger partial charge in [0, 0.05) is 0 Å². The molecule has 86 valence electrons. The molecule has 0 aliphatic carbocycles. The Morgan fingerprint density at radius 2 is 1.57 bits per heavy atom. The minimum absolute atomic E-state index is 0.0257. The van der Waals surface area contributed by atoms with Gasteiger partial charge < -0.3 is 5.11 Å². The standard InChI is InChI=1S/C12H27OP/c1-4-5-6-7-8-9-10-12(13)11-14(2)3/h12-13H,4-11H2,1-3H3. The average Bonchev–Trinajstić information content (AvgIpc) is 2.10. The fraction of sp³-hybridized carbons (Fsp3) is 1.00. The Hall–Kier alpha value is 0.390. The second-order valence-electron chi connectivity index (χ2n) is 4.47. The molecule has 0 aliphatic heterocycles. The summed E-state index contributed by atoms with van der Waals surface area (Å²) < 4.78 is 0. The molecule has 0 aromatic carbocycles. The largest absolute Gasteiger partial charge is 0.393 e. The first-order valence-electron chi connectivity index (χ1n) is 5.99. The highest BCUT2D eigenvalue weighted by Crippen LogP contribution is 2.26. The fourth-order valence-corrected chi connectivity index (χ4v) is 2.70. The van der Waals surface area contributed by atoms with Crippen LogP contribution in [0.3, 0.4) is 0 Å². The molecule has 0 spiro atoms. The quantitative estimate of drug-likeness (QED) is 0.460. The molecule has 0 aromatic heterocycles. The maximum Gasteiger partial charge on any atom is 0.0579 e. The van der Waals surface area contributed by atoms with E-state index in [0.717, 1.165) is 12.6 Å². The molecule has 0 heterocycles. The van der Waals surface area contributed by atoms with Crippen molar-refractivity contribution in [1.82, 2.24) is 0 Å². The molecule has 1 N–H and O–H groups in total. The molecule has 0 amide bonds. The molecule has 0 bridgehead atoms. The van der Waals surface area contributed by atoms with E-state index < -0.39 is 0 Å². The number of unbranched alkanes of at least 4 members (excludes halogenated alkanes) is 5. The Balaban J connectivity index is 3.10. The summed E-state index contributed by atoms with van der Waals surface area (Å²) in [4.78, 5) is 0. The Morgan fingerprint density at radius 3 is 2.14 bits per heavy atom. The van der Waals surface area contributed by atoms with Crippen molar-refractivity contribution in [3.63, 3.8) is 0 Å². The Morgan fingerprint density at radius 1 is 1.00 bits per heavy atom. The third-order valence-electron chi connectivity index (χ3n) is 2.47. The summed E-state index contributed by atoms with van der Waals surface area (Å²) in [7, 11) is 0.0799. The van der Waals surface area contributed by atoms with Crippen molar-refractivity contribution in [3.8, 4) is 0 Å². The van der Waals surface area contributed by atoms with Crippen LogP contribution in [0.5, 0.6) is 0 Å². The minimum atomic E-state index is -0.0257. The van der Waals surface area contributed by atoms with E-state index in [9.17, 15) is 5.11 Å². The minimum Gasteiger partial charge on any atom is -0.393 e. The van der Waals surface area contributed by atoms with E-state index in [2.05, 4.69) is 20.3 Å². The van der Waals surface area contributed by atoms with Gasteiger partial charge in [-0.2, -0.15) is 0 Å². The summed E-state index contributed by atoms with van der Waals surface area (Å²) in [5, 5.41) is 9.64. The highest BCUT2D eigenvalue weighted by molar-refractivity contribution is 7.56. The molecular weight excluding hydrogens is 191 g/mol. The average molecular weight is 218 g/mol. The fourth-order valence-electron chi connectivity index (χ4n) is 1.67. The van der Waals surface area contributed by atoms with Crippen molar-refractivity contribution in [2.45, 2.75) is 58.0 Å². The van der Waals surface area contributed by atoms with Crippen LogP contribution in [0.4, 0.5) is 0 Å². The van der Waals surface area contributed by atoms with E-state index in [1.165, 1.54) is 38.5 Å². The Kier molecular flexibility index (Phi) is 10.2. The monoisotopic (exact) mass is 218 g/mol. The molecule has 0 aromatic rings. The molecular formula is C12H27OP. The van der Waals surface area contributed by atoms with Crippen LogP contribution in [0.2, 0.25) is 0 Å². The smallest absolute Gasteiger partial charge is 0.0579 e. The third kappa shape index (κ3) is 10.5. The zero-order valence-corrected chi connectivity index (χ0v) is 11.0. The van der Waals surface area contributed by atoms with E-state index in [0.29, 0.717) is 0 Å². The first-order chi connectivity index (χ1) is 6.66. The first-order valence-corrected chi connectivity index (χ1v) is 8.41. The highest BCUT2D eigenvalue weighted by atomic mass is 31.1. The van der Waals surface area contributed by atoms with Gasteiger partial charge in [0.05, 0.1) is 6.10 Å². The van der Waals surface area contributed by atoms with E-state index in [1.807, 2.05) is 0 Å². The van der Waals surface area contributed by atoms with Crippen molar-refractivity contribution < 1.29 is 5.11 Å². The van der Waals surface area contributed by atoms with Gasteiger partial charge in [0.25, 0.3) is 0 Å². The summed E-state index contributed by atoms with van der Waals surface area (Å²) in [5.74, 6) is 0. The van der Waals surface area contributed by atoms with Crippen LogP contribution in [-0.2, 0) is 0 Å². The lowest BCUT2D eigenvalue weighted by Gasteiger charge is -2.12. The van der Waals surface area contributed by atoms with Crippen molar-refractivity contribution in [3.05, 3.63) is 0 Å². The second kappa shape index (κ2) is 9.93. The molecule has 0 saturated carbocycles. The summed E-state index contributed by atoms with van der Waals surface area (Å²) >= 11 is 0. The number of rotatable bonds is 9. The normalized spacial score (nSPS) is 13.5. The Labute approximate surface area is 91.0 Å². The maximum absolute atomic E-state index is 9.64. The van der Waals surface area contributed by atoms with Crippen molar-refractivity contribution in [2.24, 2.45) is 0 Å². The van der Waals surface area contributed by atoms with Gasteiger partial charge in [0.2, 0.25) is 0 Å². The van der Waals surface area contributed by atoms with Crippen molar-refractivity contribution >= 4 is 7.92 Å². The van der Waals surface area contributed by atoms with E-state index in [4.69, 9.17) is 0 Å². The molecule has 0 aliphatic rings. The van der Waals surface area contributed by atoms with Crippen LogP contribution in [0.25, 0.3) is 0 Å². The van der Waals surface area contributed by atoms with Gasteiger partial charge in [0.15, 0.2) is 0 Å². The lowest BCUT2D eigenvalue weighted by molar-refractivity contribution is 0.184. The van der Waals surface area contributed by atoms with Crippen LogP contribution in [0.1, 0.15) is 51.9 Å². The van der Waals surface area contributed by atoms with Crippen LogP contribution in [0, 0.1) is 0 Å². The topological polar surface area (TPSA) is 20.2 Å². The van der Waals surface area contributed by atoms with Crippen LogP contribution >= 0.6 is 7.92 Å². The van der Waals surface area contributed by atoms with Gasteiger partial charge >= 0.3 is 0 Å². The van der Waals surface area contributed by atoms with Gasteiger partial charge in [-0.3, -0.25) is 0 Å². The Bertz CT molecular complexity index is 115. The SMILES string of the molecule is CCCCCCCCC(O)CP(C)C. The van der Waals surface area contributed by atoms with E-state index in [1.54, 1.807) is 0 Å². The third-order valence-corrected chi connectivity index (χ3v) is 3.62. The number of aliphatic hydroxyl groups is 1. The zero-order chi connectivity index (χ0) is 10.8. The van der Waals surface area contributed by atoms with Crippen molar-refractivity contribution in [1.29, 1.82) is 0 Å². The summed E-state index contributed by atoms with van der Waals surface area (Å²) in [6.45, 7) is 6.72. The highest BCUT2D eigenvalue weighted by Gasteiger charge is 2.05. The van der Waals surface area contributed by atoms with Crippen LogP contribution in [0.15, 0.2) is 0 Å². The van der Waals surface area contributed by atoms with E-state index in [-0.39, 0.29) is 14.0 Å². The van der Waals surface area contributed by atoms with Crippen LogP contribution in [-0.4, -0.2) is 30.7 Å². The molecule has 14 heavy (non-hydrogen) atoms. The number of aliphatic hydroxyl groups excluding tert-OH is 1. The molecule has 0 radical (unpaired) electrons. The lowest BCUT2D eigenvalue weighted by atomic mass is 10.1. The predicted molar refractivity (Wildman–Crippen MR) is 67.6 cm³/mol. The van der Waals surface area contributed by atoms with Gasteiger partial charge in [-0.05, 0) is 25.9 Å². The molecule has 0 rings (SSSR count). The molecule has 0 fully saturated rings. The first kappa shape index (κ1) is 14.4. The van der Waals surface area contributed by atoms with Gasteiger partial charge in [-0.1, -0.05) is 45.4 Å². The number of hydrogen-bond acceptors (Lipinski definition) is 1. The summed E-state index contributed by atoms with van der Waals surface area (Å²) in [6.07, 6.45) is 9.97. The van der Waals surface area contributed by atoms with E-state index >= 15 is 0 Å². The maximum atomic E-state index is 9.64. The molecule has 1 unspecified atom stereocenters. The van der Waals surface area contributed by atoms with Gasteiger partial charge in [-0.15, -0.1) is 7.92 Å². The molecule has 0 saturated heterocycles. The lowest BCUT2D eigenvalue weighted by Crippen LogP contribution is -2.10. The van der Waals surface area contributed by atoms with Crippen LogP contribution < -0.4 is 0 Å². The molecule has 1 nitrogen and oxygen atoms in total. The second-order valence-corrected chi connectivity index (χ2v) is 7.00. The van der Waals surface area contributed by atoms with Crippen molar-refractivity contribution in [2.75, 3.05) is 19.5 Å². The van der Waals surface area contributed by atoms with Gasteiger partial charge in [-0.25, -0.2) is 0 Å². The summed E-state index contributed by atoms with van der Waals surface area (Å²) in [5.41, 5.74) is 0.